The van der Waals surface area contributed by atoms with Gasteiger partial charge in [-0.15, -0.1) is 0 Å². The molecule has 0 amide bonds. The van der Waals surface area contributed by atoms with Crippen molar-refractivity contribution in [3.8, 4) is 5.88 Å². The third kappa shape index (κ3) is 3.55. The number of anilines is 3. The number of nitrogens with two attached hydrogens (primary N) is 1. The van der Waals surface area contributed by atoms with Crippen LogP contribution >= 0.6 is 0 Å². The van der Waals surface area contributed by atoms with Gasteiger partial charge in [0.05, 0.1) is 0 Å². The van der Waals surface area contributed by atoms with Crippen LogP contribution in [0.25, 0.3) is 0 Å². The molecule has 1 saturated carbocycles. The second-order valence-corrected chi connectivity index (χ2v) is 5.87. The summed E-state index contributed by atoms with van der Waals surface area (Å²) in [4.78, 5) is 10.7. The first-order valence-electron chi connectivity index (χ1n) is 8.39. The number of hydrogen-bond donors (Lipinski definition) is 1. The molecule has 2 aromatic rings. The zero-order valence-electron chi connectivity index (χ0n) is 13.6. The molecule has 1 fully saturated rings. The first-order chi connectivity index (χ1) is 11.3. The summed E-state index contributed by atoms with van der Waals surface area (Å²) in [5.41, 5.74) is 7.90. The lowest BCUT2D eigenvalue weighted by Gasteiger charge is -2.26. The van der Waals surface area contributed by atoms with Crippen molar-refractivity contribution in [3.05, 3.63) is 36.7 Å². The molecule has 0 atom stereocenters. The number of nitrogen functional groups attached to an aromatic ring is 1. The van der Waals surface area contributed by atoms with Crippen LogP contribution in [-0.4, -0.2) is 22.6 Å². The molecule has 3 rings (SSSR count). The van der Waals surface area contributed by atoms with E-state index in [1.165, 1.54) is 25.6 Å². The Labute approximate surface area is 137 Å². The van der Waals surface area contributed by atoms with Crippen LogP contribution in [0.4, 0.5) is 17.2 Å². The fourth-order valence-electron chi connectivity index (χ4n) is 3.08. The fraction of sp³-hybridized carbons (Fsp3) is 0.444. The Bertz CT molecular complexity index is 626. The normalized spacial score (nSPS) is 15.3. The lowest BCUT2D eigenvalue weighted by Crippen LogP contribution is -2.23. The van der Waals surface area contributed by atoms with E-state index in [1.54, 1.807) is 0 Å². The first kappa shape index (κ1) is 15.6. The maximum absolute atomic E-state index is 6.32. The zero-order valence-corrected chi connectivity index (χ0v) is 13.6. The summed E-state index contributed by atoms with van der Waals surface area (Å²) >= 11 is 0. The van der Waals surface area contributed by atoms with Crippen LogP contribution in [0.1, 0.15) is 39.0 Å². The Kier molecular flexibility index (Phi) is 4.95. The lowest BCUT2D eigenvalue weighted by atomic mass is 9.98. The number of nitrogens with zero attached hydrogens (tertiary/aromatic N) is 3. The first-order valence-corrected chi connectivity index (χ1v) is 8.39. The summed E-state index contributed by atoms with van der Waals surface area (Å²) in [5, 5.41) is 0. The maximum Gasteiger partial charge on any atom is 0.242 e. The molecule has 1 aliphatic carbocycles. The van der Waals surface area contributed by atoms with Crippen LogP contribution < -0.4 is 15.4 Å². The summed E-state index contributed by atoms with van der Waals surface area (Å²) in [6.07, 6.45) is 7.64. The van der Waals surface area contributed by atoms with Crippen LogP contribution in [0.5, 0.6) is 5.88 Å². The number of aromatic nitrogens is 2. The van der Waals surface area contributed by atoms with E-state index in [0.29, 0.717) is 17.4 Å². The standard InChI is InChI=1S/C18H24N4O/c1-2-22(14-9-5-3-6-10-14)17-16(19)18(21-13-20-17)23-15-11-7-4-8-12-15/h3,5-6,9-10,13,15H,2,4,7-8,11-12,19H2,1H3. The minimum absolute atomic E-state index is 0.223. The SMILES string of the molecule is CCN(c1ccccc1)c1ncnc(OC2CCCCC2)c1N. The third-order valence-corrected chi connectivity index (χ3v) is 4.30. The molecule has 1 aromatic heterocycles. The van der Waals surface area contributed by atoms with Gasteiger partial charge in [-0.05, 0) is 44.7 Å². The van der Waals surface area contributed by atoms with Gasteiger partial charge in [-0.3, -0.25) is 0 Å². The average Bonchev–Trinajstić information content (AvgIpc) is 2.61. The summed E-state index contributed by atoms with van der Waals surface area (Å²) in [6, 6.07) is 10.1. The highest BCUT2D eigenvalue weighted by Gasteiger charge is 2.20. The molecular formula is C18H24N4O. The molecule has 1 aliphatic rings. The van der Waals surface area contributed by atoms with Crippen molar-refractivity contribution in [1.29, 1.82) is 0 Å². The second kappa shape index (κ2) is 7.31. The Morgan fingerprint density at radius 2 is 1.87 bits per heavy atom. The molecule has 0 aliphatic heterocycles. The van der Waals surface area contributed by atoms with Crippen LogP contribution in [0, 0.1) is 0 Å². The fourth-order valence-corrected chi connectivity index (χ4v) is 3.08. The van der Waals surface area contributed by atoms with Crippen molar-refractivity contribution in [2.75, 3.05) is 17.2 Å². The monoisotopic (exact) mass is 312 g/mol. The predicted molar refractivity (Wildman–Crippen MR) is 93.1 cm³/mol. The maximum atomic E-state index is 6.32. The van der Waals surface area contributed by atoms with Gasteiger partial charge in [0.15, 0.2) is 5.82 Å². The smallest absolute Gasteiger partial charge is 0.242 e. The van der Waals surface area contributed by atoms with Gasteiger partial charge >= 0.3 is 0 Å². The van der Waals surface area contributed by atoms with Crippen molar-refractivity contribution in [3.63, 3.8) is 0 Å². The molecule has 5 heteroatoms. The van der Waals surface area contributed by atoms with Gasteiger partial charge in [-0.1, -0.05) is 24.6 Å². The van der Waals surface area contributed by atoms with Crippen molar-refractivity contribution >= 4 is 17.2 Å². The van der Waals surface area contributed by atoms with Crippen LogP contribution in [0.2, 0.25) is 0 Å². The minimum Gasteiger partial charge on any atom is -0.473 e. The summed E-state index contributed by atoms with van der Waals surface area (Å²) in [7, 11) is 0. The number of ether oxygens (including phenoxy) is 1. The Morgan fingerprint density at radius 1 is 1.13 bits per heavy atom. The molecule has 1 heterocycles. The van der Waals surface area contributed by atoms with Gasteiger partial charge in [0.1, 0.15) is 18.1 Å². The number of rotatable bonds is 5. The molecule has 0 unspecified atom stereocenters. The zero-order chi connectivity index (χ0) is 16.1. The van der Waals surface area contributed by atoms with Gasteiger partial charge in [0.25, 0.3) is 0 Å². The van der Waals surface area contributed by atoms with E-state index in [4.69, 9.17) is 10.5 Å². The van der Waals surface area contributed by atoms with Crippen molar-refractivity contribution in [2.24, 2.45) is 0 Å². The predicted octanol–water partition coefficient (Wildman–Crippen LogP) is 3.93. The van der Waals surface area contributed by atoms with Gasteiger partial charge in [0, 0.05) is 12.2 Å². The molecule has 0 saturated heterocycles. The van der Waals surface area contributed by atoms with Crippen molar-refractivity contribution in [2.45, 2.75) is 45.1 Å². The van der Waals surface area contributed by atoms with E-state index in [0.717, 1.165) is 25.1 Å². The van der Waals surface area contributed by atoms with E-state index < -0.39 is 0 Å². The topological polar surface area (TPSA) is 64.3 Å². The number of hydrogen-bond acceptors (Lipinski definition) is 5. The van der Waals surface area contributed by atoms with E-state index >= 15 is 0 Å². The minimum atomic E-state index is 0.223. The summed E-state index contributed by atoms with van der Waals surface area (Å²) in [6.45, 7) is 2.85. The third-order valence-electron chi connectivity index (χ3n) is 4.30. The van der Waals surface area contributed by atoms with Gasteiger partial charge in [0.2, 0.25) is 5.88 Å². The quantitative estimate of drug-likeness (QED) is 0.906. The van der Waals surface area contributed by atoms with E-state index in [-0.39, 0.29) is 6.10 Å². The summed E-state index contributed by atoms with van der Waals surface area (Å²) < 4.78 is 6.05. The molecule has 0 radical (unpaired) electrons. The Morgan fingerprint density at radius 3 is 2.57 bits per heavy atom. The Hall–Kier alpha value is -2.30. The van der Waals surface area contributed by atoms with Gasteiger partial charge in [-0.25, -0.2) is 4.98 Å². The molecule has 1 aromatic carbocycles. The van der Waals surface area contributed by atoms with Crippen LogP contribution in [0.15, 0.2) is 36.7 Å². The van der Waals surface area contributed by atoms with E-state index in [1.807, 2.05) is 30.3 Å². The molecular weight excluding hydrogens is 288 g/mol. The van der Waals surface area contributed by atoms with Crippen LogP contribution in [0.3, 0.4) is 0 Å². The molecule has 23 heavy (non-hydrogen) atoms. The molecule has 122 valence electrons. The van der Waals surface area contributed by atoms with Gasteiger partial charge < -0.3 is 15.4 Å². The van der Waals surface area contributed by atoms with E-state index in [2.05, 4.69) is 21.8 Å². The molecule has 5 nitrogen and oxygen atoms in total. The highest BCUT2D eigenvalue weighted by atomic mass is 16.5. The van der Waals surface area contributed by atoms with Crippen molar-refractivity contribution < 1.29 is 4.74 Å². The number of benzene rings is 1. The van der Waals surface area contributed by atoms with E-state index in [9.17, 15) is 0 Å². The summed E-state index contributed by atoms with van der Waals surface area (Å²) in [5.74, 6) is 1.22. The lowest BCUT2D eigenvalue weighted by molar-refractivity contribution is 0.149. The number of para-hydroxylation sites is 1. The Balaban J connectivity index is 1.86. The molecule has 2 N–H and O–H groups in total. The molecule has 0 bridgehead atoms. The second-order valence-electron chi connectivity index (χ2n) is 5.87. The van der Waals surface area contributed by atoms with Gasteiger partial charge in [-0.2, -0.15) is 4.98 Å². The largest absolute Gasteiger partial charge is 0.473 e. The highest BCUT2D eigenvalue weighted by Crippen LogP contribution is 2.34. The average molecular weight is 312 g/mol. The molecule has 0 spiro atoms. The highest BCUT2D eigenvalue weighted by molar-refractivity contribution is 5.74. The van der Waals surface area contributed by atoms with Crippen molar-refractivity contribution in [1.82, 2.24) is 9.97 Å². The van der Waals surface area contributed by atoms with Crippen LogP contribution in [-0.2, 0) is 0 Å².